The molecule has 11 rings (SSSR count). The number of aromatic hydroxyl groups is 3. The smallest absolute Gasteiger partial charge is 0.340 e. The number of carbonyl (C=O) groups excluding carboxylic acids is 16. The number of phenolic OH excluding ortho intramolecular Hbond substituents is 3. The summed E-state index contributed by atoms with van der Waals surface area (Å²) in [5.74, 6) is -18.9. The van der Waals surface area contributed by atoms with Gasteiger partial charge in [-0.1, -0.05) is 123 Å². The Labute approximate surface area is 803 Å². The van der Waals surface area contributed by atoms with Crippen molar-refractivity contribution in [3.8, 4) is 28.7 Å². The lowest BCUT2D eigenvalue weighted by Gasteiger charge is -2.36. The van der Waals surface area contributed by atoms with Gasteiger partial charge >= 0.3 is 11.9 Å². The number of hydrogen-bond donors (Lipinski definition) is 17. The van der Waals surface area contributed by atoms with E-state index in [0.29, 0.717) is 89.2 Å². The molecule has 0 radical (unpaired) electrons. The van der Waals surface area contributed by atoms with Crippen LogP contribution in [0, 0.1) is 23.7 Å². The first kappa shape index (κ1) is 105. The van der Waals surface area contributed by atoms with Gasteiger partial charge < -0.3 is 99.3 Å². The highest BCUT2D eigenvalue weighted by atomic mass is 16.6. The molecule has 1 aliphatic carbocycles. The Hall–Kier alpha value is -14.3. The van der Waals surface area contributed by atoms with Crippen LogP contribution in [0.2, 0.25) is 0 Å². The van der Waals surface area contributed by atoms with Crippen LogP contribution in [0.4, 0.5) is 0 Å². The summed E-state index contributed by atoms with van der Waals surface area (Å²) in [6, 6.07) is 23.8. The van der Waals surface area contributed by atoms with Gasteiger partial charge in [-0.3, -0.25) is 76.7 Å². The van der Waals surface area contributed by atoms with E-state index in [9.17, 15) is 78.3 Å². The second kappa shape index (κ2) is 48.1. The predicted molar refractivity (Wildman–Crippen MR) is 508 cm³/mol. The maximum absolute atomic E-state index is 15.7. The van der Waals surface area contributed by atoms with E-state index >= 15 is 28.8 Å². The van der Waals surface area contributed by atoms with Gasteiger partial charge in [-0.15, -0.1) is 0 Å². The molecule has 2 unspecified atom stereocenters. The molecule has 0 saturated heterocycles. The van der Waals surface area contributed by atoms with E-state index in [2.05, 4.69) is 52.8 Å². The molecule has 1 fully saturated rings. The van der Waals surface area contributed by atoms with Crippen molar-refractivity contribution >= 4 is 111 Å². The summed E-state index contributed by atoms with van der Waals surface area (Å²) < 4.78 is 12.3. The van der Waals surface area contributed by atoms with Gasteiger partial charge in [0.2, 0.25) is 70.6 Å². The van der Waals surface area contributed by atoms with Crippen LogP contribution in [0.25, 0.3) is 10.9 Å². The number of carboxylic acid groups (broad SMARTS) is 1. The molecule has 1 spiro atoms. The van der Waals surface area contributed by atoms with Crippen LogP contribution in [0.3, 0.4) is 0 Å². The lowest BCUT2D eigenvalue weighted by Crippen LogP contribution is -2.63. The van der Waals surface area contributed by atoms with Crippen molar-refractivity contribution < 1.29 is 117 Å². The van der Waals surface area contributed by atoms with Crippen molar-refractivity contribution in [1.82, 2.24) is 52.8 Å². The number of nitrogens with two attached hydrogens (primary N) is 2. The molecule has 4 aliphatic rings. The number of ketones is 5. The van der Waals surface area contributed by atoms with Crippen molar-refractivity contribution in [3.05, 3.63) is 196 Å². The minimum Gasteiger partial charge on any atom is -0.508 e. The highest BCUT2D eigenvalue weighted by molar-refractivity contribution is 6.41. The Morgan fingerprint density at radius 2 is 1.24 bits per heavy atom. The van der Waals surface area contributed by atoms with Crippen LogP contribution in [-0.2, 0) is 102 Å². The third-order valence-corrected chi connectivity index (χ3v) is 26.4. The number of ether oxygens (including phenoxy) is 2. The topological polar surface area (TPSA) is 586 Å². The Morgan fingerprint density at radius 1 is 0.590 bits per heavy atom. The normalized spacial score (nSPS) is 22.2. The number of aliphatic hydroxyl groups excluding tert-OH is 1. The number of amides is 10. The van der Waals surface area contributed by atoms with Crippen LogP contribution < -0.4 is 64.1 Å². The minimum absolute atomic E-state index is 0.00879. The monoisotopic (exact) mass is 1910 g/mol. The van der Waals surface area contributed by atoms with Crippen molar-refractivity contribution in [1.29, 1.82) is 0 Å². The molecule has 10 amide bonds. The second-order valence-corrected chi connectivity index (χ2v) is 37.2. The Bertz CT molecular complexity index is 5720. The number of fused-ring (bicyclic) bond motifs is 7. The van der Waals surface area contributed by atoms with E-state index in [0.717, 1.165) is 6.42 Å². The molecule has 740 valence electrons. The fourth-order valence-corrected chi connectivity index (χ4v) is 18.0. The Morgan fingerprint density at radius 3 is 1.90 bits per heavy atom. The van der Waals surface area contributed by atoms with Crippen molar-refractivity contribution in [3.63, 3.8) is 0 Å². The van der Waals surface area contributed by atoms with Gasteiger partial charge in [-0.2, -0.15) is 0 Å². The molecule has 7 aromatic rings. The van der Waals surface area contributed by atoms with E-state index in [1.54, 1.807) is 79.0 Å². The highest BCUT2D eigenvalue weighted by Crippen LogP contribution is 2.57. The van der Waals surface area contributed by atoms with Crippen LogP contribution in [0.15, 0.2) is 152 Å². The van der Waals surface area contributed by atoms with E-state index < -0.39 is 215 Å². The predicted octanol–water partition coefficient (Wildman–Crippen LogP) is 7.39. The number of aromatic amines is 1. The molecular formula is C103H124N12O24. The molecule has 6 aromatic carbocycles. The molecule has 1 aromatic heterocycles. The molecule has 19 N–H and O–H groups in total. The number of primary amides is 2. The number of allylic oxidation sites excluding steroid dienone is 2. The molecule has 12 atom stereocenters. The Kier molecular flexibility index (Phi) is 36.4. The largest absolute Gasteiger partial charge is 0.508 e. The average molecular weight is 1910 g/mol. The third kappa shape index (κ3) is 27.8. The number of H-pyrrole nitrogens is 1. The van der Waals surface area contributed by atoms with Crippen molar-refractivity contribution in [2.75, 3.05) is 13.2 Å². The summed E-state index contributed by atoms with van der Waals surface area (Å²) in [7, 11) is 0. The number of aromatic nitrogens is 1. The molecule has 1 saturated carbocycles. The number of phenols is 3. The number of benzene rings is 6. The first-order valence-corrected chi connectivity index (χ1v) is 47.3. The van der Waals surface area contributed by atoms with Gasteiger partial charge in [-0.25, -0.2) is 4.79 Å². The lowest BCUT2D eigenvalue weighted by molar-refractivity contribution is -0.141. The highest BCUT2D eigenvalue weighted by Gasteiger charge is 2.54. The van der Waals surface area contributed by atoms with E-state index in [-0.39, 0.29) is 129 Å². The zero-order chi connectivity index (χ0) is 101. The number of aliphatic hydroxyl groups is 1. The minimum atomic E-state index is -1.97. The van der Waals surface area contributed by atoms with Gasteiger partial charge in [-0.05, 0) is 189 Å². The first-order valence-electron chi connectivity index (χ1n) is 47.3. The van der Waals surface area contributed by atoms with Crippen LogP contribution in [-0.4, -0.2) is 197 Å². The summed E-state index contributed by atoms with van der Waals surface area (Å²) >= 11 is 0. The van der Waals surface area contributed by atoms with Crippen molar-refractivity contribution in [2.24, 2.45) is 35.1 Å². The summed E-state index contributed by atoms with van der Waals surface area (Å²) in [5, 5.41) is 77.1. The number of rotatable bonds is 31. The fraction of sp³-hybridized carbons (Fsp3) is 0.447. The first-order chi connectivity index (χ1) is 66.2. The molecular weight excluding hydrogens is 1790 g/mol. The van der Waals surface area contributed by atoms with Gasteiger partial charge in [0.25, 0.3) is 0 Å². The molecule has 0 bridgehead atoms. The van der Waals surface area contributed by atoms with Crippen LogP contribution >= 0.6 is 0 Å². The van der Waals surface area contributed by atoms with E-state index in [4.69, 9.17) is 20.9 Å². The van der Waals surface area contributed by atoms with Crippen LogP contribution in [0.1, 0.15) is 230 Å². The summed E-state index contributed by atoms with van der Waals surface area (Å²) in [6.07, 6.45) is 6.24. The average Bonchev–Trinajstić information content (AvgIpc) is 1.55. The summed E-state index contributed by atoms with van der Waals surface area (Å²) in [4.78, 5) is 246. The van der Waals surface area contributed by atoms with Gasteiger partial charge in [0.15, 0.2) is 17.2 Å². The number of nitrogens with one attached hydrogen (secondary N) is 10. The zero-order valence-corrected chi connectivity index (χ0v) is 78.5. The standard InChI is InChI=1S/C103H124N12O24/c1-58-89(126)90(127)79(40-42-87(104)123)107-56-68(47-62-24-20-25-62)95(132)115-102(5,100(137)113-82(57-116)97(134)110-60(3)92(129)109-59(2)91(105)128)45-19-12-10-8-6-7-9-11-18-44-101(4,99(136)112-80(41-43-88(124)125)96(133)111-81(48-63-30-33-69(117)34-31-63)84(122)52-66(93(130)108-58)49-67-55-106-78-28-17-16-27-73(67)78)114-94(131)65(46-61-22-14-13-15-23-61)50-70(118)26-21-29-83(121)64-32-37-75-74(51-64)98(135)139-103(75)76-38-35-71(119)53-85(76)138-86-54-72(120)36-39-77(86)103/h8,10,13-17,22-23,27-28,30-39,51,53-55,58-60,62,65-66,68,79-82,106-107,116-117,119-120H,6-7,9,11-12,18-21,24-26,29,40-50,52,56-57H2,1-5H3,(H2,104,123)(H2,105,128)(H,108,130)(H,109,129)(H,110,134)(H,111,133)(H,112,136)(H,113,137)(H,114,131)(H,115,132)(H,124,125)/b10-8+/t58?,59-,60?,65+,66+,68+,79-,80-,81-,82-,101+,102-/m0/s1. The fourth-order valence-electron chi connectivity index (χ4n) is 18.0. The zero-order valence-electron chi connectivity index (χ0n) is 78.5. The molecule has 36 heteroatoms. The number of aliphatic carboxylic acids is 1. The van der Waals surface area contributed by atoms with Crippen molar-refractivity contribution in [2.45, 2.75) is 254 Å². The Balaban J connectivity index is 0.883. The number of para-hydroxylation sites is 1. The number of hydrogen-bond acceptors (Lipinski definition) is 24. The van der Waals surface area contributed by atoms with E-state index in [1.165, 1.54) is 95.3 Å². The quantitative estimate of drug-likeness (QED) is 0.00871. The lowest BCUT2D eigenvalue weighted by atomic mass is 9.77. The third-order valence-electron chi connectivity index (χ3n) is 26.4. The second-order valence-electron chi connectivity index (χ2n) is 37.2. The summed E-state index contributed by atoms with van der Waals surface area (Å²) in [6.45, 7) is 5.38. The van der Waals surface area contributed by atoms with Gasteiger partial charge in [0, 0.05) is 108 Å². The van der Waals surface area contributed by atoms with E-state index in [1.807, 2.05) is 12.2 Å². The SMILES string of the molecule is CC(NC(=O)[C@H](CO)NC(=O)[C@]1(C)CCC/C=C/CCCCCC[C@@](C)(NC(=O)[C@@H](CC(=O)CCCC(=O)c2ccc3c(c2)C(=O)OC32c3ccc(O)cc3Oc3cc(O)ccc32)Cc2ccccc2)C(=O)N[C@@H](CCC(=O)O)C(=O)N[C@@H](Cc2ccc(O)cc2)C(=O)C[C@@H](Cc2c[nH]c3ccccc23)C(=O)NC(C)C(=O)C(=O)[C@H](CCC(N)=O)NC[C@@H](CC2CCC2)C(=O)N1)C(=O)N[C@@H](C)C(N)=O. The van der Waals surface area contributed by atoms with Crippen LogP contribution in [0.5, 0.6) is 28.7 Å². The number of carboxylic acids is 1. The molecule has 3 aliphatic heterocycles. The van der Waals surface area contributed by atoms with Gasteiger partial charge in [0.1, 0.15) is 69.8 Å². The molecule has 139 heavy (non-hydrogen) atoms. The number of esters is 1. The molecule has 36 nitrogen and oxygen atoms in total. The molecule has 4 heterocycles. The summed E-state index contributed by atoms with van der Waals surface area (Å²) in [5.41, 5.74) is 8.98. The number of Topliss-reactive ketones (excluding diaryl/α,β-unsaturated/α-hetero) is 5. The van der Waals surface area contributed by atoms with Gasteiger partial charge in [0.05, 0.1) is 36.2 Å². The maximum Gasteiger partial charge on any atom is 0.340 e. The number of carbonyl (C=O) groups is 17. The maximum atomic E-state index is 15.7.